The van der Waals surface area contributed by atoms with Crippen molar-refractivity contribution in [2.24, 2.45) is 13.0 Å². The number of carbonyl (C=O) groups is 1. The zero-order valence-corrected chi connectivity index (χ0v) is 17.5. The Hall–Kier alpha value is -3.30. The number of nitrogens with one attached hydrogen (secondary N) is 2. The van der Waals surface area contributed by atoms with Gasteiger partial charge >= 0.3 is 11.9 Å². The molecule has 170 valence electrons. The van der Waals surface area contributed by atoms with Gasteiger partial charge in [-0.2, -0.15) is 13.2 Å². The summed E-state index contributed by atoms with van der Waals surface area (Å²) >= 11 is 0. The van der Waals surface area contributed by atoms with Gasteiger partial charge in [0.2, 0.25) is 0 Å². The van der Waals surface area contributed by atoms with Crippen LogP contribution in [0.1, 0.15) is 28.8 Å². The van der Waals surface area contributed by atoms with Crippen molar-refractivity contribution >= 4 is 22.6 Å². The van der Waals surface area contributed by atoms with Gasteiger partial charge in [0.1, 0.15) is 5.82 Å². The highest BCUT2D eigenvalue weighted by Crippen LogP contribution is 2.43. The maximum absolute atomic E-state index is 14.6. The van der Waals surface area contributed by atoms with E-state index < -0.39 is 23.8 Å². The summed E-state index contributed by atoms with van der Waals surface area (Å²) in [6, 6.07) is 8.90. The smallest absolute Gasteiger partial charge is 0.371 e. The highest BCUT2D eigenvalue weighted by Gasteiger charge is 2.49. The fourth-order valence-electron chi connectivity index (χ4n) is 3.94. The molecule has 1 aromatic heterocycles. The van der Waals surface area contributed by atoms with Crippen LogP contribution in [0.5, 0.6) is 0 Å². The molecule has 10 heteroatoms. The predicted molar refractivity (Wildman–Crippen MR) is 112 cm³/mol. The molecule has 0 spiro atoms. The van der Waals surface area contributed by atoms with Crippen LogP contribution in [0.2, 0.25) is 0 Å². The summed E-state index contributed by atoms with van der Waals surface area (Å²) < 4.78 is 54.1. The van der Waals surface area contributed by atoms with Crippen LogP contribution in [-0.2, 0) is 13.6 Å². The van der Waals surface area contributed by atoms with Gasteiger partial charge < -0.3 is 15.2 Å². The van der Waals surface area contributed by atoms with Gasteiger partial charge in [0, 0.05) is 43.5 Å². The van der Waals surface area contributed by atoms with Crippen LogP contribution in [0.25, 0.3) is 11.0 Å². The molecule has 0 unspecified atom stereocenters. The normalized spacial score (nSPS) is 18.4. The van der Waals surface area contributed by atoms with E-state index in [0.717, 1.165) is 0 Å². The Bertz CT molecular complexity index is 1220. The topological polar surface area (TPSA) is 70.1 Å². The van der Waals surface area contributed by atoms with Crippen LogP contribution in [0, 0.1) is 11.7 Å². The van der Waals surface area contributed by atoms with E-state index in [4.69, 9.17) is 0 Å². The molecular formula is C22H22F4N4O2. The van der Waals surface area contributed by atoms with Gasteiger partial charge in [0.25, 0.3) is 5.91 Å². The SMILES string of the molecule is CN(c1ccc(CNC(=O)c2ccc3c(c2)[nH]c(=O)n3C)c(F)c1)C1CC(C(F)(F)F)C1. The van der Waals surface area contributed by atoms with E-state index in [-0.39, 0.29) is 36.7 Å². The zero-order valence-electron chi connectivity index (χ0n) is 17.5. The molecule has 1 amide bonds. The first-order chi connectivity index (χ1) is 15.0. The molecular weight excluding hydrogens is 428 g/mol. The van der Waals surface area contributed by atoms with Gasteiger partial charge in [-0.3, -0.25) is 9.36 Å². The van der Waals surface area contributed by atoms with Gasteiger partial charge in [-0.25, -0.2) is 9.18 Å². The number of carbonyl (C=O) groups excluding carboxylic acids is 1. The Morgan fingerprint density at radius 2 is 1.94 bits per heavy atom. The minimum Gasteiger partial charge on any atom is -0.371 e. The van der Waals surface area contributed by atoms with Crippen molar-refractivity contribution in [3.05, 3.63) is 63.8 Å². The minimum atomic E-state index is -4.19. The fraction of sp³-hybridized carbons (Fsp3) is 0.364. The first-order valence-corrected chi connectivity index (χ1v) is 10.1. The highest BCUT2D eigenvalue weighted by molar-refractivity contribution is 5.97. The van der Waals surface area contributed by atoms with Gasteiger partial charge in [-0.15, -0.1) is 0 Å². The third-order valence-electron chi connectivity index (χ3n) is 6.17. The molecule has 6 nitrogen and oxygen atoms in total. The number of H-pyrrole nitrogens is 1. The van der Waals surface area contributed by atoms with Crippen LogP contribution >= 0.6 is 0 Å². The number of rotatable bonds is 5. The Kier molecular flexibility index (Phi) is 5.47. The summed E-state index contributed by atoms with van der Waals surface area (Å²) in [6.45, 7) is -0.0580. The predicted octanol–water partition coefficient (Wildman–Crippen LogP) is 3.71. The Morgan fingerprint density at radius 1 is 1.22 bits per heavy atom. The molecule has 3 aromatic rings. The van der Waals surface area contributed by atoms with E-state index >= 15 is 0 Å². The molecule has 1 fully saturated rings. The number of alkyl halides is 3. The number of aromatic nitrogens is 2. The Labute approximate surface area is 180 Å². The fourth-order valence-corrected chi connectivity index (χ4v) is 3.94. The summed E-state index contributed by atoms with van der Waals surface area (Å²) in [5, 5.41) is 2.64. The Balaban J connectivity index is 1.39. The van der Waals surface area contributed by atoms with Crippen molar-refractivity contribution in [3.63, 3.8) is 0 Å². The van der Waals surface area contributed by atoms with E-state index in [2.05, 4.69) is 10.3 Å². The molecule has 0 bridgehead atoms. The van der Waals surface area contributed by atoms with Crippen molar-refractivity contribution in [2.45, 2.75) is 31.6 Å². The second kappa shape index (κ2) is 7.99. The van der Waals surface area contributed by atoms with Crippen LogP contribution in [0.3, 0.4) is 0 Å². The molecule has 1 heterocycles. The number of aromatic amines is 1. The van der Waals surface area contributed by atoms with Crippen molar-refractivity contribution in [2.75, 3.05) is 11.9 Å². The van der Waals surface area contributed by atoms with E-state index in [0.29, 0.717) is 22.3 Å². The number of anilines is 1. The lowest BCUT2D eigenvalue weighted by Gasteiger charge is -2.43. The van der Waals surface area contributed by atoms with Gasteiger partial charge in [0.05, 0.1) is 17.0 Å². The van der Waals surface area contributed by atoms with Crippen LogP contribution in [0.4, 0.5) is 23.2 Å². The molecule has 0 saturated heterocycles. The van der Waals surface area contributed by atoms with Crippen molar-refractivity contribution in [1.29, 1.82) is 0 Å². The van der Waals surface area contributed by atoms with E-state index in [9.17, 15) is 27.2 Å². The van der Waals surface area contributed by atoms with E-state index in [1.54, 1.807) is 43.3 Å². The molecule has 0 atom stereocenters. The number of amides is 1. The summed E-state index contributed by atoms with van der Waals surface area (Å²) in [5.74, 6) is -2.28. The number of hydrogen-bond acceptors (Lipinski definition) is 3. The summed E-state index contributed by atoms with van der Waals surface area (Å²) in [5.41, 5.74) is 1.95. The van der Waals surface area contributed by atoms with Crippen molar-refractivity contribution in [1.82, 2.24) is 14.9 Å². The van der Waals surface area contributed by atoms with Crippen LogP contribution in [0.15, 0.2) is 41.2 Å². The number of nitrogens with zero attached hydrogens (tertiary/aromatic N) is 2. The Morgan fingerprint density at radius 3 is 2.59 bits per heavy atom. The monoisotopic (exact) mass is 450 g/mol. The lowest BCUT2D eigenvalue weighted by atomic mass is 9.79. The number of aryl methyl sites for hydroxylation is 1. The molecule has 1 aliphatic carbocycles. The average molecular weight is 450 g/mol. The quantitative estimate of drug-likeness (QED) is 0.583. The van der Waals surface area contributed by atoms with Gasteiger partial charge in [-0.1, -0.05) is 6.07 Å². The third-order valence-corrected chi connectivity index (χ3v) is 6.17. The first kappa shape index (κ1) is 21.9. The number of halogens is 4. The summed E-state index contributed by atoms with van der Waals surface area (Å²) in [7, 11) is 3.27. The van der Waals surface area contributed by atoms with Crippen molar-refractivity contribution in [3.8, 4) is 0 Å². The molecule has 2 aromatic carbocycles. The second-order valence-corrected chi connectivity index (χ2v) is 8.15. The van der Waals surface area contributed by atoms with E-state index in [1.807, 2.05) is 0 Å². The van der Waals surface area contributed by atoms with Crippen LogP contribution < -0.4 is 15.9 Å². The maximum atomic E-state index is 14.6. The number of benzene rings is 2. The first-order valence-electron chi connectivity index (χ1n) is 10.1. The standard InChI is InChI=1S/C22H22F4N4O2/c1-29(16-8-14(9-16)22(24,25)26)15-5-3-13(17(23)10-15)11-27-20(31)12-4-6-19-18(7-12)28-21(32)30(19)2/h3-7,10,14,16H,8-9,11H2,1-2H3,(H,27,31)(H,28,32). The maximum Gasteiger partial charge on any atom is 0.391 e. The molecule has 32 heavy (non-hydrogen) atoms. The van der Waals surface area contributed by atoms with E-state index in [1.165, 1.54) is 16.7 Å². The van der Waals surface area contributed by atoms with Gasteiger partial charge in [-0.05, 0) is 43.2 Å². The van der Waals surface area contributed by atoms with Crippen molar-refractivity contribution < 1.29 is 22.4 Å². The largest absolute Gasteiger partial charge is 0.391 e. The van der Waals surface area contributed by atoms with Crippen LogP contribution in [-0.4, -0.2) is 34.7 Å². The lowest BCUT2D eigenvalue weighted by molar-refractivity contribution is -0.196. The molecule has 1 aliphatic rings. The minimum absolute atomic E-state index is 0.00352. The molecule has 0 radical (unpaired) electrons. The zero-order chi connectivity index (χ0) is 23.2. The molecule has 2 N–H and O–H groups in total. The molecule has 4 rings (SSSR count). The average Bonchev–Trinajstić information content (AvgIpc) is 2.97. The summed E-state index contributed by atoms with van der Waals surface area (Å²) in [4.78, 5) is 28.4. The highest BCUT2D eigenvalue weighted by atomic mass is 19.4. The van der Waals surface area contributed by atoms with Gasteiger partial charge in [0.15, 0.2) is 0 Å². The molecule has 0 aliphatic heterocycles. The number of imidazole rings is 1. The third kappa shape index (κ3) is 4.09. The number of fused-ring (bicyclic) bond motifs is 1. The summed E-state index contributed by atoms with van der Waals surface area (Å²) in [6.07, 6.45) is -4.20. The lowest BCUT2D eigenvalue weighted by Crippen LogP contribution is -2.47. The molecule has 1 saturated carbocycles. The second-order valence-electron chi connectivity index (χ2n) is 8.15. The number of hydrogen-bond donors (Lipinski definition) is 2.